The number of amides is 2. The average molecular weight is 308 g/mol. The number of hydrogen-bond acceptors (Lipinski definition) is 5. The van der Waals surface area contributed by atoms with Gasteiger partial charge in [0.25, 0.3) is 0 Å². The first-order valence-corrected chi connectivity index (χ1v) is 7.53. The third-order valence-corrected chi connectivity index (χ3v) is 5.30. The van der Waals surface area contributed by atoms with E-state index in [-0.39, 0.29) is 29.5 Å². The molecule has 3 aliphatic carbocycles. The maximum atomic E-state index is 12.9. The normalized spacial score (nSPS) is 31.5. The molecule has 1 aromatic heterocycles. The van der Waals surface area contributed by atoms with Crippen LogP contribution in [0.5, 0.6) is 0 Å². The number of carbonyl (C=O) groups excluding carboxylic acids is 3. The van der Waals surface area contributed by atoms with Crippen LogP contribution in [0, 0.1) is 11.8 Å². The quantitative estimate of drug-likeness (QED) is 0.785. The lowest BCUT2D eigenvalue weighted by atomic mass is 9.56. The van der Waals surface area contributed by atoms with Gasteiger partial charge in [-0.1, -0.05) is 24.3 Å². The van der Waals surface area contributed by atoms with Crippen molar-refractivity contribution >= 4 is 23.5 Å². The predicted octanol–water partition coefficient (Wildman–Crippen LogP) is 0.764. The van der Waals surface area contributed by atoms with E-state index in [1.807, 2.05) is 24.3 Å². The molecule has 2 heterocycles. The number of ketones is 1. The number of anilines is 1. The Bertz CT molecular complexity index is 860. The number of nitrogens with one attached hydrogen (secondary N) is 1. The molecule has 1 aromatic carbocycles. The number of imide groups is 1. The summed E-state index contributed by atoms with van der Waals surface area (Å²) in [5, 5.41) is 6.28. The van der Waals surface area contributed by atoms with Gasteiger partial charge in [-0.3, -0.25) is 14.4 Å². The van der Waals surface area contributed by atoms with E-state index in [9.17, 15) is 14.4 Å². The number of benzene rings is 1. The first kappa shape index (κ1) is 12.7. The Morgan fingerprint density at radius 1 is 1.04 bits per heavy atom. The molecular weight excluding hydrogens is 296 g/mol. The number of aromatic nitrogens is 3. The average Bonchev–Trinajstić information content (AvgIpc) is 3.16. The van der Waals surface area contributed by atoms with Crippen LogP contribution >= 0.6 is 0 Å². The van der Waals surface area contributed by atoms with E-state index >= 15 is 0 Å². The van der Waals surface area contributed by atoms with Crippen LogP contribution in [-0.2, 0) is 14.4 Å². The fourth-order valence-electron chi connectivity index (χ4n) is 4.47. The van der Waals surface area contributed by atoms with E-state index < -0.39 is 17.8 Å². The lowest BCUT2D eigenvalue weighted by molar-refractivity contribution is -0.134. The van der Waals surface area contributed by atoms with Gasteiger partial charge in [0, 0.05) is 12.3 Å². The van der Waals surface area contributed by atoms with Gasteiger partial charge in [0.05, 0.1) is 17.8 Å². The number of aromatic amines is 1. The number of hydrogen-bond donors (Lipinski definition) is 1. The number of Topliss-reactive ketones (excluding diaryl/α,β-unsaturated/α-hetero) is 1. The van der Waals surface area contributed by atoms with Gasteiger partial charge in [-0.2, -0.15) is 10.1 Å². The van der Waals surface area contributed by atoms with Gasteiger partial charge in [0.2, 0.25) is 17.8 Å². The number of carbonyl (C=O) groups is 3. The minimum absolute atomic E-state index is 0.0514. The zero-order chi connectivity index (χ0) is 15.7. The summed E-state index contributed by atoms with van der Waals surface area (Å²) in [4.78, 5) is 43.2. The number of rotatable bonds is 1. The van der Waals surface area contributed by atoms with E-state index in [2.05, 4.69) is 15.2 Å². The molecule has 7 heteroatoms. The Morgan fingerprint density at radius 3 is 2.52 bits per heavy atom. The van der Waals surface area contributed by atoms with Crippen molar-refractivity contribution in [1.29, 1.82) is 0 Å². The van der Waals surface area contributed by atoms with Gasteiger partial charge in [-0.05, 0) is 11.1 Å². The van der Waals surface area contributed by atoms with Crippen molar-refractivity contribution < 1.29 is 14.4 Å². The summed E-state index contributed by atoms with van der Waals surface area (Å²) in [5.41, 5.74) is 1.93. The van der Waals surface area contributed by atoms with Gasteiger partial charge in [-0.25, -0.2) is 10.00 Å². The Balaban J connectivity index is 1.69. The number of fused-ring (bicyclic) bond motifs is 1. The van der Waals surface area contributed by atoms with E-state index in [1.165, 1.54) is 6.33 Å². The molecule has 7 nitrogen and oxygen atoms in total. The Labute approximate surface area is 130 Å². The predicted molar refractivity (Wildman–Crippen MR) is 77.4 cm³/mol. The maximum absolute atomic E-state index is 12.9. The van der Waals surface area contributed by atoms with Crippen molar-refractivity contribution in [3.8, 4) is 0 Å². The molecule has 114 valence electrons. The fourth-order valence-corrected chi connectivity index (χ4v) is 4.47. The van der Waals surface area contributed by atoms with Gasteiger partial charge in [-0.15, -0.1) is 0 Å². The third-order valence-electron chi connectivity index (χ3n) is 5.30. The largest absolute Gasteiger partial charge is 0.299 e. The van der Waals surface area contributed by atoms with Crippen LogP contribution in [0.15, 0.2) is 30.6 Å². The maximum Gasteiger partial charge on any atom is 0.241 e. The van der Waals surface area contributed by atoms with Crippen molar-refractivity contribution in [1.82, 2.24) is 15.2 Å². The standard InChI is InChI=1S/C16H12N4O3/c21-10-5-9-7-3-1-2-4-8(7)11(10)13-12(9)14(22)20(15(13)23)16-17-6-18-19-16/h1-4,6,9,11-13H,5H2,(H,17,18,19)/t9-,11+,12+,13+/m0/s1. The molecule has 4 atom stereocenters. The van der Waals surface area contributed by atoms with E-state index in [0.717, 1.165) is 16.0 Å². The fraction of sp³-hybridized carbons (Fsp3) is 0.312. The Kier molecular flexibility index (Phi) is 2.28. The SMILES string of the molecule is O=C1C[C@H]2c3ccccc3[C@H]1[C@H]1C(=O)N(c3ncn[nH]3)C(=O)[C@@H]12. The molecule has 2 aromatic rings. The summed E-state index contributed by atoms with van der Waals surface area (Å²) < 4.78 is 0. The topological polar surface area (TPSA) is 96.0 Å². The molecule has 2 bridgehead atoms. The molecule has 0 unspecified atom stereocenters. The third kappa shape index (κ3) is 1.42. The zero-order valence-electron chi connectivity index (χ0n) is 12.0. The highest BCUT2D eigenvalue weighted by Crippen LogP contribution is 2.57. The first-order chi connectivity index (χ1) is 11.2. The smallest absolute Gasteiger partial charge is 0.241 e. The molecule has 6 rings (SSSR count). The number of nitrogens with zero attached hydrogens (tertiary/aromatic N) is 3. The minimum Gasteiger partial charge on any atom is -0.299 e. The molecular formula is C16H12N4O3. The summed E-state index contributed by atoms with van der Waals surface area (Å²) in [7, 11) is 0. The lowest BCUT2D eigenvalue weighted by Crippen LogP contribution is -2.44. The van der Waals surface area contributed by atoms with Crippen LogP contribution < -0.4 is 4.90 Å². The molecule has 2 fully saturated rings. The Hall–Kier alpha value is -2.83. The highest BCUT2D eigenvalue weighted by molar-refractivity contribution is 6.23. The van der Waals surface area contributed by atoms with E-state index in [0.29, 0.717) is 6.42 Å². The van der Waals surface area contributed by atoms with Gasteiger partial charge >= 0.3 is 0 Å². The summed E-state index contributed by atoms with van der Waals surface area (Å²) in [5.74, 6) is -2.30. The summed E-state index contributed by atoms with van der Waals surface area (Å²) in [6.45, 7) is 0. The van der Waals surface area contributed by atoms with E-state index in [1.54, 1.807) is 0 Å². The molecule has 4 aliphatic rings. The van der Waals surface area contributed by atoms with E-state index in [4.69, 9.17) is 0 Å². The molecule has 1 N–H and O–H groups in total. The first-order valence-electron chi connectivity index (χ1n) is 7.53. The van der Waals surface area contributed by atoms with Crippen molar-refractivity contribution in [3.63, 3.8) is 0 Å². The summed E-state index contributed by atoms with van der Waals surface area (Å²) in [6.07, 6.45) is 1.58. The Morgan fingerprint density at radius 2 is 1.78 bits per heavy atom. The monoisotopic (exact) mass is 308 g/mol. The highest BCUT2D eigenvalue weighted by atomic mass is 16.2. The van der Waals surface area contributed by atoms with Crippen molar-refractivity contribution in [2.75, 3.05) is 4.90 Å². The van der Waals surface area contributed by atoms with Crippen molar-refractivity contribution in [2.24, 2.45) is 11.8 Å². The van der Waals surface area contributed by atoms with Gasteiger partial charge < -0.3 is 0 Å². The van der Waals surface area contributed by atoms with Crippen LogP contribution in [-0.4, -0.2) is 32.8 Å². The molecule has 23 heavy (non-hydrogen) atoms. The zero-order valence-corrected chi connectivity index (χ0v) is 12.0. The van der Waals surface area contributed by atoms with Crippen molar-refractivity contribution in [2.45, 2.75) is 18.3 Å². The molecule has 0 spiro atoms. The molecule has 0 radical (unpaired) electrons. The molecule has 1 saturated heterocycles. The van der Waals surface area contributed by atoms with Crippen LogP contribution in [0.1, 0.15) is 29.4 Å². The van der Waals surface area contributed by atoms with Crippen LogP contribution in [0.2, 0.25) is 0 Å². The van der Waals surface area contributed by atoms with Gasteiger partial charge in [0.1, 0.15) is 12.1 Å². The molecule has 2 amide bonds. The van der Waals surface area contributed by atoms with Crippen LogP contribution in [0.4, 0.5) is 5.95 Å². The van der Waals surface area contributed by atoms with Gasteiger partial charge in [0.15, 0.2) is 0 Å². The summed E-state index contributed by atoms with van der Waals surface area (Å²) in [6, 6.07) is 7.64. The van der Waals surface area contributed by atoms with Crippen molar-refractivity contribution in [3.05, 3.63) is 41.7 Å². The van der Waals surface area contributed by atoms with Crippen LogP contribution in [0.25, 0.3) is 0 Å². The molecule has 1 saturated carbocycles. The summed E-state index contributed by atoms with van der Waals surface area (Å²) >= 11 is 0. The second-order valence-corrected chi connectivity index (χ2v) is 6.26. The second kappa shape index (κ2) is 4.13. The minimum atomic E-state index is -0.617. The number of H-pyrrole nitrogens is 1. The lowest BCUT2D eigenvalue weighted by Gasteiger charge is -2.43. The second-order valence-electron chi connectivity index (χ2n) is 6.26. The van der Waals surface area contributed by atoms with Crippen LogP contribution in [0.3, 0.4) is 0 Å². The molecule has 1 aliphatic heterocycles. The highest BCUT2D eigenvalue weighted by Gasteiger charge is 2.63.